The zero-order valence-electron chi connectivity index (χ0n) is 14.2. The van der Waals surface area contributed by atoms with Gasteiger partial charge in [0.1, 0.15) is 13.5 Å². The fourth-order valence-corrected chi connectivity index (χ4v) is 4.68. The van der Waals surface area contributed by atoms with E-state index in [1.807, 2.05) is 0 Å². The van der Waals surface area contributed by atoms with Gasteiger partial charge in [-0.25, -0.2) is 0 Å². The number of carbonyl (C=O) groups excluding carboxylic acids is 2. The second-order valence-corrected chi connectivity index (χ2v) is 12.3. The minimum Gasteiger partial charge on any atom is -0.305 e. The Labute approximate surface area is 136 Å². The zero-order chi connectivity index (χ0) is 19.9. The standard InChI is InChI=1S/C14H21F7O2Si/c1-8(2)11(3,4)24(5,6)10(23)7-9(22)12(15,16)13(17,18)14(19,20)21/h8H,7H2,1-6H3. The molecule has 0 unspecified atom stereocenters. The molecule has 0 fully saturated rings. The van der Waals surface area contributed by atoms with Crippen molar-refractivity contribution in [1.29, 1.82) is 0 Å². The maximum Gasteiger partial charge on any atom is 0.460 e. The van der Waals surface area contributed by atoms with Gasteiger partial charge in [0.25, 0.3) is 0 Å². The molecule has 0 amide bonds. The van der Waals surface area contributed by atoms with Crippen molar-refractivity contribution in [1.82, 2.24) is 0 Å². The summed E-state index contributed by atoms with van der Waals surface area (Å²) >= 11 is 0. The minimum absolute atomic E-state index is 0.0876. The number of alkyl halides is 7. The van der Waals surface area contributed by atoms with Crippen LogP contribution in [0.2, 0.25) is 18.1 Å². The first kappa shape index (κ1) is 23.1. The molecule has 2 nitrogen and oxygen atoms in total. The van der Waals surface area contributed by atoms with E-state index in [9.17, 15) is 40.3 Å². The smallest absolute Gasteiger partial charge is 0.305 e. The number of hydrogen-bond donors (Lipinski definition) is 0. The molecule has 0 rings (SSSR count). The van der Waals surface area contributed by atoms with Crippen LogP contribution in [0.1, 0.15) is 34.1 Å². The van der Waals surface area contributed by atoms with Crippen molar-refractivity contribution in [3.05, 3.63) is 0 Å². The normalized spacial score (nSPS) is 14.9. The van der Waals surface area contributed by atoms with E-state index < -0.39 is 48.7 Å². The summed E-state index contributed by atoms with van der Waals surface area (Å²) < 4.78 is 88.7. The highest BCUT2D eigenvalue weighted by molar-refractivity contribution is 7.06. The summed E-state index contributed by atoms with van der Waals surface area (Å²) in [6, 6.07) is 0. The van der Waals surface area contributed by atoms with Crippen LogP contribution in [0, 0.1) is 5.92 Å². The SMILES string of the molecule is CC(C)C(C)(C)[Si](C)(C)C(=O)CC(=O)C(F)(F)C(F)(F)C(F)(F)F. The molecule has 0 heterocycles. The van der Waals surface area contributed by atoms with Gasteiger partial charge in [-0.2, -0.15) is 30.7 Å². The van der Waals surface area contributed by atoms with Crippen molar-refractivity contribution in [2.75, 3.05) is 0 Å². The maximum atomic E-state index is 13.3. The molecular weight excluding hydrogens is 361 g/mol. The number of rotatable bonds is 7. The second kappa shape index (κ2) is 6.42. The quantitative estimate of drug-likeness (QED) is 0.352. The van der Waals surface area contributed by atoms with E-state index in [2.05, 4.69) is 0 Å². The Balaban J connectivity index is 5.57. The minimum atomic E-state index is -6.60. The summed E-state index contributed by atoms with van der Waals surface area (Å²) in [6.07, 6.45) is -8.24. The van der Waals surface area contributed by atoms with Crippen LogP contribution in [-0.4, -0.2) is 37.3 Å². The van der Waals surface area contributed by atoms with Crippen LogP contribution in [0.5, 0.6) is 0 Å². The molecular formula is C14H21F7O2Si. The average molecular weight is 382 g/mol. The number of Topliss-reactive ketones (excluding diaryl/α,β-unsaturated/α-hetero) is 1. The van der Waals surface area contributed by atoms with Crippen molar-refractivity contribution in [3.63, 3.8) is 0 Å². The Kier molecular flexibility index (Phi) is 6.17. The summed E-state index contributed by atoms with van der Waals surface area (Å²) in [5, 5.41) is -1.66. The highest BCUT2D eigenvalue weighted by Gasteiger charge is 2.76. The van der Waals surface area contributed by atoms with E-state index >= 15 is 0 Å². The molecule has 0 bridgehead atoms. The molecule has 0 saturated heterocycles. The highest BCUT2D eigenvalue weighted by atomic mass is 28.3. The van der Waals surface area contributed by atoms with E-state index in [1.165, 1.54) is 13.1 Å². The predicted molar refractivity (Wildman–Crippen MR) is 76.9 cm³/mol. The topological polar surface area (TPSA) is 34.1 Å². The average Bonchev–Trinajstić information content (AvgIpc) is 2.36. The van der Waals surface area contributed by atoms with Crippen molar-refractivity contribution in [2.45, 2.75) is 70.3 Å². The number of carbonyl (C=O) groups is 2. The van der Waals surface area contributed by atoms with E-state index in [0.717, 1.165) is 0 Å². The molecule has 0 aromatic heterocycles. The predicted octanol–water partition coefficient (Wildman–Crippen LogP) is 5.03. The monoisotopic (exact) mass is 382 g/mol. The fourth-order valence-electron chi connectivity index (χ4n) is 1.91. The van der Waals surface area contributed by atoms with Gasteiger partial charge in [0.2, 0.25) is 5.78 Å². The van der Waals surface area contributed by atoms with Gasteiger partial charge in [0, 0.05) is 0 Å². The Morgan fingerprint density at radius 3 is 1.58 bits per heavy atom. The van der Waals surface area contributed by atoms with Crippen molar-refractivity contribution in [2.24, 2.45) is 5.92 Å². The van der Waals surface area contributed by atoms with Crippen molar-refractivity contribution >= 4 is 19.3 Å². The first-order valence-electron chi connectivity index (χ1n) is 7.13. The molecule has 24 heavy (non-hydrogen) atoms. The summed E-state index contributed by atoms with van der Waals surface area (Å²) in [5.74, 6) is -15.3. The molecule has 0 atom stereocenters. The summed E-state index contributed by atoms with van der Waals surface area (Å²) in [6.45, 7) is 9.82. The van der Waals surface area contributed by atoms with Gasteiger partial charge in [-0.1, -0.05) is 40.8 Å². The van der Waals surface area contributed by atoms with Crippen LogP contribution in [0.25, 0.3) is 0 Å². The Morgan fingerprint density at radius 1 is 0.917 bits per heavy atom. The zero-order valence-corrected chi connectivity index (χ0v) is 15.2. The molecule has 10 heteroatoms. The highest BCUT2D eigenvalue weighted by Crippen LogP contribution is 2.48. The molecule has 0 aliphatic rings. The van der Waals surface area contributed by atoms with Crippen molar-refractivity contribution in [3.8, 4) is 0 Å². The first-order valence-corrected chi connectivity index (χ1v) is 10.1. The van der Waals surface area contributed by atoms with Crippen LogP contribution in [0.15, 0.2) is 0 Å². The third-order valence-electron chi connectivity index (χ3n) is 5.17. The molecule has 0 aromatic carbocycles. The third-order valence-corrected chi connectivity index (χ3v) is 10.5. The lowest BCUT2D eigenvalue weighted by molar-refractivity contribution is -0.343. The van der Waals surface area contributed by atoms with Crippen LogP contribution in [0.4, 0.5) is 30.7 Å². The van der Waals surface area contributed by atoms with Crippen LogP contribution in [0.3, 0.4) is 0 Å². The lowest BCUT2D eigenvalue weighted by atomic mass is 9.99. The second-order valence-electron chi connectivity index (χ2n) is 7.17. The van der Waals surface area contributed by atoms with Gasteiger partial charge in [-0.05, 0) is 11.0 Å². The third kappa shape index (κ3) is 3.67. The molecule has 142 valence electrons. The van der Waals surface area contributed by atoms with Crippen LogP contribution >= 0.6 is 0 Å². The van der Waals surface area contributed by atoms with Crippen LogP contribution < -0.4 is 0 Å². The number of hydrogen-bond acceptors (Lipinski definition) is 2. The number of ketones is 1. The van der Waals surface area contributed by atoms with Crippen LogP contribution in [-0.2, 0) is 9.59 Å². The molecule has 0 spiro atoms. The largest absolute Gasteiger partial charge is 0.460 e. The van der Waals surface area contributed by atoms with Gasteiger partial charge in [0.05, 0.1) is 6.42 Å². The Bertz CT molecular complexity index is 508. The van der Waals surface area contributed by atoms with Gasteiger partial charge in [0.15, 0.2) is 0 Å². The summed E-state index contributed by atoms with van der Waals surface area (Å²) in [4.78, 5) is 23.6. The Morgan fingerprint density at radius 2 is 1.29 bits per heavy atom. The van der Waals surface area contributed by atoms with Gasteiger partial charge < -0.3 is 4.79 Å². The van der Waals surface area contributed by atoms with Gasteiger partial charge in [-0.15, -0.1) is 0 Å². The van der Waals surface area contributed by atoms with Gasteiger partial charge >= 0.3 is 18.0 Å². The molecule has 0 aliphatic heterocycles. The van der Waals surface area contributed by atoms with Gasteiger partial charge in [-0.3, -0.25) is 4.79 Å². The van der Waals surface area contributed by atoms with E-state index in [1.54, 1.807) is 27.7 Å². The molecule has 0 saturated carbocycles. The summed E-state index contributed by atoms with van der Waals surface area (Å²) in [5.41, 5.74) is 0. The van der Waals surface area contributed by atoms with E-state index in [-0.39, 0.29) is 5.92 Å². The van der Waals surface area contributed by atoms with Crippen molar-refractivity contribution < 1.29 is 40.3 Å². The lowest BCUT2D eigenvalue weighted by Crippen LogP contribution is -2.58. The molecule has 0 radical (unpaired) electrons. The first-order chi connectivity index (χ1) is 10.2. The van der Waals surface area contributed by atoms with E-state index in [0.29, 0.717) is 0 Å². The maximum absolute atomic E-state index is 13.3. The molecule has 0 aromatic rings. The number of halogens is 7. The van der Waals surface area contributed by atoms with E-state index in [4.69, 9.17) is 0 Å². The molecule has 0 aliphatic carbocycles. The lowest BCUT2D eigenvalue weighted by Gasteiger charge is -2.42. The fraction of sp³-hybridized carbons (Fsp3) is 0.857. The Hall–Kier alpha value is -0.933. The summed E-state index contributed by atoms with van der Waals surface area (Å²) in [7, 11) is -3.06. The molecule has 0 N–H and O–H groups in total.